The summed E-state index contributed by atoms with van der Waals surface area (Å²) in [7, 11) is -2.33. The number of carbonyl (C=O) groups is 1. The number of esters is 1. The van der Waals surface area contributed by atoms with E-state index in [1.54, 1.807) is 60.7 Å². The minimum atomic E-state index is -3.77. The van der Waals surface area contributed by atoms with Crippen LogP contribution in [0.3, 0.4) is 0 Å². The molecule has 3 aromatic carbocycles. The second kappa shape index (κ2) is 9.23. The van der Waals surface area contributed by atoms with Crippen molar-refractivity contribution in [3.05, 3.63) is 89.5 Å². The number of ether oxygens (including phenoxy) is 2. The number of carbonyl (C=O) groups excluding carboxylic acids is 1. The van der Waals surface area contributed by atoms with Gasteiger partial charge in [-0.05, 0) is 55.0 Å². The number of rotatable bonds is 7. The van der Waals surface area contributed by atoms with Crippen molar-refractivity contribution in [2.75, 3.05) is 7.11 Å². The van der Waals surface area contributed by atoms with Gasteiger partial charge in [-0.3, -0.25) is 0 Å². The summed E-state index contributed by atoms with van der Waals surface area (Å²) in [6, 6.07) is 19.8. The van der Waals surface area contributed by atoms with Crippen molar-refractivity contribution in [3.8, 4) is 11.5 Å². The van der Waals surface area contributed by atoms with E-state index in [0.717, 1.165) is 5.56 Å². The van der Waals surface area contributed by atoms with E-state index in [2.05, 4.69) is 9.93 Å². The molecule has 0 spiro atoms. The Hall–Kier alpha value is -3.65. The van der Waals surface area contributed by atoms with Crippen molar-refractivity contribution in [3.63, 3.8) is 0 Å². The molecule has 7 nitrogen and oxygen atoms in total. The zero-order valence-corrected chi connectivity index (χ0v) is 17.2. The largest absolute Gasteiger partial charge is 0.493 e. The molecule has 30 heavy (non-hydrogen) atoms. The molecule has 0 fully saturated rings. The van der Waals surface area contributed by atoms with Crippen molar-refractivity contribution >= 4 is 22.2 Å². The molecule has 3 rings (SSSR count). The van der Waals surface area contributed by atoms with Crippen LogP contribution in [0.2, 0.25) is 0 Å². The number of sulfonamides is 1. The summed E-state index contributed by atoms with van der Waals surface area (Å²) < 4.78 is 35.2. The quantitative estimate of drug-likeness (QED) is 0.271. The molecule has 0 aliphatic heterocycles. The Bertz CT molecular complexity index is 1160. The molecule has 8 heteroatoms. The highest BCUT2D eigenvalue weighted by Gasteiger charge is 2.13. The summed E-state index contributed by atoms with van der Waals surface area (Å²) in [6.45, 7) is 1.87. The second-order valence-electron chi connectivity index (χ2n) is 6.33. The first-order valence-corrected chi connectivity index (χ1v) is 10.4. The number of hydrogen-bond donors (Lipinski definition) is 1. The molecule has 0 saturated carbocycles. The van der Waals surface area contributed by atoms with E-state index in [9.17, 15) is 13.2 Å². The Morgan fingerprint density at radius 2 is 1.67 bits per heavy atom. The van der Waals surface area contributed by atoms with Gasteiger partial charge in [0.25, 0.3) is 10.0 Å². The molecule has 154 valence electrons. The van der Waals surface area contributed by atoms with Crippen LogP contribution >= 0.6 is 0 Å². The predicted molar refractivity (Wildman–Crippen MR) is 113 cm³/mol. The average molecular weight is 424 g/mol. The lowest BCUT2D eigenvalue weighted by atomic mass is 10.2. The molecule has 0 aromatic heterocycles. The third-order valence-electron chi connectivity index (χ3n) is 4.12. The highest BCUT2D eigenvalue weighted by atomic mass is 32.2. The van der Waals surface area contributed by atoms with Crippen molar-refractivity contribution in [2.24, 2.45) is 5.10 Å². The molecule has 0 aliphatic carbocycles. The number of nitrogens with zero attached hydrogens (tertiary/aromatic N) is 1. The normalized spacial score (nSPS) is 11.3. The fraction of sp³-hybridized carbons (Fsp3) is 0.0909. The molecule has 3 aromatic rings. The minimum absolute atomic E-state index is 0.117. The van der Waals surface area contributed by atoms with Gasteiger partial charge >= 0.3 is 5.97 Å². The zero-order chi connectivity index (χ0) is 21.6. The first-order chi connectivity index (χ1) is 14.4. The third-order valence-corrected chi connectivity index (χ3v) is 5.36. The van der Waals surface area contributed by atoms with Crippen LogP contribution in [0.5, 0.6) is 11.5 Å². The molecule has 0 heterocycles. The minimum Gasteiger partial charge on any atom is -0.493 e. The number of hydrogen-bond acceptors (Lipinski definition) is 6. The Labute approximate surface area is 175 Å². The van der Waals surface area contributed by atoms with Gasteiger partial charge in [0, 0.05) is 0 Å². The zero-order valence-electron chi connectivity index (χ0n) is 16.4. The summed E-state index contributed by atoms with van der Waals surface area (Å²) in [4.78, 5) is 14.5. The number of aryl methyl sites for hydroxylation is 1. The maximum absolute atomic E-state index is 12.3. The molecule has 0 radical (unpaired) electrons. The Kier molecular flexibility index (Phi) is 6.48. The van der Waals surface area contributed by atoms with E-state index in [1.807, 2.05) is 6.92 Å². The highest BCUT2D eigenvalue weighted by Crippen LogP contribution is 2.28. The lowest BCUT2D eigenvalue weighted by molar-refractivity contribution is 0.0729. The summed E-state index contributed by atoms with van der Waals surface area (Å²) in [5, 5.41) is 3.80. The van der Waals surface area contributed by atoms with Gasteiger partial charge in [0.05, 0.1) is 23.8 Å². The van der Waals surface area contributed by atoms with Gasteiger partial charge in [-0.1, -0.05) is 35.9 Å². The van der Waals surface area contributed by atoms with Crippen molar-refractivity contribution in [1.82, 2.24) is 4.83 Å². The molecule has 0 aliphatic rings. The highest BCUT2D eigenvalue weighted by molar-refractivity contribution is 7.89. The van der Waals surface area contributed by atoms with Crippen molar-refractivity contribution < 1.29 is 22.7 Å². The van der Waals surface area contributed by atoms with Crippen LogP contribution in [0.25, 0.3) is 0 Å². The van der Waals surface area contributed by atoms with E-state index in [-0.39, 0.29) is 10.6 Å². The number of benzene rings is 3. The predicted octanol–water partition coefficient (Wildman–Crippen LogP) is 3.54. The summed E-state index contributed by atoms with van der Waals surface area (Å²) >= 11 is 0. The molecule has 0 saturated heterocycles. The van der Waals surface area contributed by atoms with Crippen LogP contribution in [0.4, 0.5) is 0 Å². The van der Waals surface area contributed by atoms with Gasteiger partial charge in [-0.25, -0.2) is 9.63 Å². The molecule has 0 unspecified atom stereocenters. The van der Waals surface area contributed by atoms with Crippen LogP contribution in [0, 0.1) is 6.92 Å². The monoisotopic (exact) mass is 424 g/mol. The lowest BCUT2D eigenvalue weighted by Gasteiger charge is -2.10. The maximum Gasteiger partial charge on any atom is 0.343 e. The van der Waals surface area contributed by atoms with E-state index < -0.39 is 16.0 Å². The summed E-state index contributed by atoms with van der Waals surface area (Å²) in [6.07, 6.45) is 1.33. The Morgan fingerprint density at radius 3 is 2.33 bits per heavy atom. The SMILES string of the molecule is COc1cc(/C=N\NS(=O)(=O)c2ccc(C)cc2)ccc1OC(=O)c1ccccc1. The Balaban J connectivity index is 1.71. The van der Waals surface area contributed by atoms with Gasteiger partial charge in [0.15, 0.2) is 11.5 Å². The molecule has 0 amide bonds. The van der Waals surface area contributed by atoms with Crippen LogP contribution in [-0.2, 0) is 10.0 Å². The summed E-state index contributed by atoms with van der Waals surface area (Å²) in [5.41, 5.74) is 1.92. The van der Waals surface area contributed by atoms with E-state index in [4.69, 9.17) is 9.47 Å². The standard InChI is InChI=1S/C22H20N2O5S/c1-16-8-11-19(12-9-16)30(26,27)24-23-15-17-10-13-20(21(14-17)28-2)29-22(25)18-6-4-3-5-7-18/h3-15,24H,1-2H3/b23-15-. The van der Waals surface area contributed by atoms with Gasteiger partial charge in [-0.15, -0.1) is 0 Å². The maximum atomic E-state index is 12.3. The molecular weight excluding hydrogens is 404 g/mol. The average Bonchev–Trinajstić information content (AvgIpc) is 2.75. The van der Waals surface area contributed by atoms with Crippen LogP contribution in [0.15, 0.2) is 82.8 Å². The first-order valence-electron chi connectivity index (χ1n) is 8.96. The van der Waals surface area contributed by atoms with Gasteiger partial charge in [0.2, 0.25) is 0 Å². The molecule has 0 bridgehead atoms. The fourth-order valence-corrected chi connectivity index (χ4v) is 3.31. The number of methoxy groups -OCH3 is 1. The van der Waals surface area contributed by atoms with Gasteiger partial charge < -0.3 is 9.47 Å². The van der Waals surface area contributed by atoms with Gasteiger partial charge in [-0.2, -0.15) is 13.5 Å². The van der Waals surface area contributed by atoms with E-state index in [1.165, 1.54) is 25.5 Å². The fourth-order valence-electron chi connectivity index (χ4n) is 2.52. The summed E-state index contributed by atoms with van der Waals surface area (Å²) in [5.74, 6) is 0.0366. The van der Waals surface area contributed by atoms with E-state index >= 15 is 0 Å². The molecular formula is C22H20N2O5S. The number of nitrogens with one attached hydrogen (secondary N) is 1. The molecule has 0 atom stereocenters. The van der Waals surface area contributed by atoms with Crippen LogP contribution < -0.4 is 14.3 Å². The van der Waals surface area contributed by atoms with Crippen LogP contribution in [0.1, 0.15) is 21.5 Å². The lowest BCUT2D eigenvalue weighted by Crippen LogP contribution is -2.18. The smallest absolute Gasteiger partial charge is 0.343 e. The van der Waals surface area contributed by atoms with Crippen molar-refractivity contribution in [1.29, 1.82) is 0 Å². The Morgan fingerprint density at radius 1 is 0.967 bits per heavy atom. The van der Waals surface area contributed by atoms with E-state index in [0.29, 0.717) is 16.9 Å². The first kappa shape index (κ1) is 21.1. The van der Waals surface area contributed by atoms with Crippen molar-refractivity contribution in [2.45, 2.75) is 11.8 Å². The number of hydrazone groups is 1. The van der Waals surface area contributed by atoms with Gasteiger partial charge in [0.1, 0.15) is 0 Å². The second-order valence-corrected chi connectivity index (χ2v) is 7.99. The third kappa shape index (κ3) is 5.24. The topological polar surface area (TPSA) is 94.1 Å². The molecule has 1 N–H and O–H groups in total. The van der Waals surface area contributed by atoms with Crippen LogP contribution in [-0.4, -0.2) is 27.7 Å².